The van der Waals surface area contributed by atoms with Crippen LogP contribution in [-0.4, -0.2) is 30.5 Å². The smallest absolute Gasteiger partial charge is 0.222 e. The van der Waals surface area contributed by atoms with Crippen LogP contribution in [0.15, 0.2) is 24.3 Å². The Hall–Kier alpha value is -1.42. The second kappa shape index (κ2) is 5.27. The Morgan fingerprint density at radius 1 is 1.53 bits per heavy atom. The van der Waals surface area contributed by atoms with Gasteiger partial charge in [-0.05, 0) is 6.07 Å². The standard InChI is InChI=1S/C13H16FNO2/c1-2-13(16)15-7-8-17-12(9-15)10-5-3-4-6-11(10)14/h3-6,12H,2,7-9H2,1H3. The predicted octanol–water partition coefficient (Wildman–Crippen LogP) is 2.14. The molecule has 1 amide bonds. The minimum atomic E-state index is -0.347. The van der Waals surface area contributed by atoms with Crippen molar-refractivity contribution in [1.82, 2.24) is 4.90 Å². The van der Waals surface area contributed by atoms with E-state index in [2.05, 4.69) is 0 Å². The molecule has 4 heteroatoms. The maximum Gasteiger partial charge on any atom is 0.222 e. The minimum Gasteiger partial charge on any atom is -0.370 e. The lowest BCUT2D eigenvalue weighted by molar-refractivity contribution is -0.138. The molecule has 0 aliphatic carbocycles. The van der Waals surface area contributed by atoms with Gasteiger partial charge in [-0.3, -0.25) is 4.79 Å². The van der Waals surface area contributed by atoms with E-state index in [1.165, 1.54) is 6.07 Å². The van der Waals surface area contributed by atoms with E-state index >= 15 is 0 Å². The Balaban J connectivity index is 2.12. The van der Waals surface area contributed by atoms with Gasteiger partial charge in [-0.25, -0.2) is 4.39 Å². The largest absolute Gasteiger partial charge is 0.370 e. The molecular weight excluding hydrogens is 221 g/mol. The van der Waals surface area contributed by atoms with Gasteiger partial charge in [0.1, 0.15) is 11.9 Å². The number of nitrogens with zero attached hydrogens (tertiary/aromatic N) is 1. The molecule has 0 spiro atoms. The molecule has 1 fully saturated rings. The number of hydrogen-bond donors (Lipinski definition) is 0. The number of benzene rings is 1. The molecule has 1 aromatic carbocycles. The summed E-state index contributed by atoms with van der Waals surface area (Å²) >= 11 is 0. The van der Waals surface area contributed by atoms with Crippen molar-refractivity contribution in [3.8, 4) is 0 Å². The van der Waals surface area contributed by atoms with E-state index in [9.17, 15) is 9.18 Å². The molecule has 0 bridgehead atoms. The summed E-state index contributed by atoms with van der Waals surface area (Å²) in [6, 6.07) is 6.55. The van der Waals surface area contributed by atoms with E-state index in [-0.39, 0.29) is 17.8 Å². The lowest BCUT2D eigenvalue weighted by Gasteiger charge is -2.33. The molecule has 2 rings (SSSR count). The highest BCUT2D eigenvalue weighted by Gasteiger charge is 2.26. The molecule has 0 saturated carbocycles. The van der Waals surface area contributed by atoms with Crippen molar-refractivity contribution in [1.29, 1.82) is 0 Å². The molecule has 1 heterocycles. The quantitative estimate of drug-likeness (QED) is 0.788. The monoisotopic (exact) mass is 237 g/mol. The van der Waals surface area contributed by atoms with Crippen LogP contribution in [0.3, 0.4) is 0 Å². The maximum absolute atomic E-state index is 13.6. The summed E-state index contributed by atoms with van der Waals surface area (Å²) in [6.07, 6.45) is 0.129. The van der Waals surface area contributed by atoms with Gasteiger partial charge in [0.2, 0.25) is 5.91 Å². The molecule has 1 unspecified atom stereocenters. The molecule has 92 valence electrons. The summed E-state index contributed by atoms with van der Waals surface area (Å²) in [5.41, 5.74) is 0.529. The molecule has 1 aliphatic rings. The van der Waals surface area contributed by atoms with Gasteiger partial charge in [0, 0.05) is 18.5 Å². The van der Waals surface area contributed by atoms with Crippen LogP contribution in [-0.2, 0) is 9.53 Å². The third-order valence-corrected chi connectivity index (χ3v) is 2.97. The lowest BCUT2D eigenvalue weighted by Crippen LogP contribution is -2.42. The van der Waals surface area contributed by atoms with Crippen LogP contribution in [0, 0.1) is 5.82 Å². The Morgan fingerprint density at radius 2 is 2.29 bits per heavy atom. The van der Waals surface area contributed by atoms with Crippen molar-refractivity contribution in [2.75, 3.05) is 19.7 Å². The zero-order chi connectivity index (χ0) is 12.3. The fourth-order valence-corrected chi connectivity index (χ4v) is 2.02. The number of halogens is 1. The van der Waals surface area contributed by atoms with Gasteiger partial charge in [-0.15, -0.1) is 0 Å². The van der Waals surface area contributed by atoms with Gasteiger partial charge in [0.05, 0.1) is 13.2 Å². The molecule has 3 nitrogen and oxygen atoms in total. The van der Waals surface area contributed by atoms with E-state index in [1.807, 2.05) is 6.92 Å². The van der Waals surface area contributed by atoms with Crippen molar-refractivity contribution in [2.45, 2.75) is 19.4 Å². The Kier molecular flexibility index (Phi) is 3.74. The van der Waals surface area contributed by atoms with Crippen LogP contribution >= 0.6 is 0 Å². The molecule has 1 atom stereocenters. The van der Waals surface area contributed by atoms with Crippen LogP contribution in [0.25, 0.3) is 0 Å². The average molecular weight is 237 g/mol. The Labute approximate surface area is 100 Å². The predicted molar refractivity (Wildman–Crippen MR) is 62.0 cm³/mol. The van der Waals surface area contributed by atoms with E-state index < -0.39 is 0 Å². The van der Waals surface area contributed by atoms with E-state index in [1.54, 1.807) is 23.1 Å². The van der Waals surface area contributed by atoms with Crippen molar-refractivity contribution in [3.05, 3.63) is 35.6 Å². The SMILES string of the molecule is CCC(=O)N1CCOC(c2ccccc2F)C1. The summed E-state index contributed by atoms with van der Waals surface area (Å²) in [5, 5.41) is 0. The molecular formula is C13H16FNO2. The molecule has 1 aromatic rings. The van der Waals surface area contributed by atoms with Gasteiger partial charge < -0.3 is 9.64 Å². The van der Waals surface area contributed by atoms with Gasteiger partial charge in [0.25, 0.3) is 0 Å². The van der Waals surface area contributed by atoms with E-state index in [0.29, 0.717) is 31.7 Å². The van der Waals surface area contributed by atoms with Crippen molar-refractivity contribution < 1.29 is 13.9 Å². The van der Waals surface area contributed by atoms with Gasteiger partial charge in [-0.1, -0.05) is 25.1 Å². The molecule has 1 saturated heterocycles. The van der Waals surface area contributed by atoms with Crippen LogP contribution in [0.2, 0.25) is 0 Å². The zero-order valence-electron chi connectivity index (χ0n) is 9.86. The first-order valence-electron chi connectivity index (χ1n) is 5.86. The number of ether oxygens (including phenoxy) is 1. The number of amides is 1. The maximum atomic E-state index is 13.6. The molecule has 0 aromatic heterocycles. The minimum absolute atomic E-state index is 0.0923. The third-order valence-electron chi connectivity index (χ3n) is 2.97. The Bertz CT molecular complexity index is 408. The summed E-state index contributed by atoms with van der Waals surface area (Å²) in [4.78, 5) is 13.3. The van der Waals surface area contributed by atoms with Crippen LogP contribution in [0.1, 0.15) is 25.0 Å². The third kappa shape index (κ3) is 2.64. The average Bonchev–Trinajstić information content (AvgIpc) is 2.38. The van der Waals surface area contributed by atoms with Crippen LogP contribution < -0.4 is 0 Å². The molecule has 0 N–H and O–H groups in total. The van der Waals surface area contributed by atoms with E-state index in [4.69, 9.17) is 4.74 Å². The molecule has 17 heavy (non-hydrogen) atoms. The van der Waals surface area contributed by atoms with Gasteiger partial charge in [-0.2, -0.15) is 0 Å². The summed E-state index contributed by atoms with van der Waals surface area (Å²) in [7, 11) is 0. The fraction of sp³-hybridized carbons (Fsp3) is 0.462. The number of rotatable bonds is 2. The summed E-state index contributed by atoms with van der Waals surface area (Å²) in [6.45, 7) is 3.33. The highest BCUT2D eigenvalue weighted by atomic mass is 19.1. The number of carbonyl (C=O) groups excluding carboxylic acids is 1. The summed E-state index contributed by atoms with van der Waals surface area (Å²) in [5.74, 6) is -0.182. The van der Waals surface area contributed by atoms with Crippen molar-refractivity contribution >= 4 is 5.91 Å². The Morgan fingerprint density at radius 3 is 3.00 bits per heavy atom. The second-order valence-corrected chi connectivity index (χ2v) is 4.07. The number of morpholine rings is 1. The van der Waals surface area contributed by atoms with Crippen LogP contribution in [0.4, 0.5) is 4.39 Å². The highest BCUT2D eigenvalue weighted by molar-refractivity contribution is 5.75. The normalized spacial score (nSPS) is 20.4. The van der Waals surface area contributed by atoms with Gasteiger partial charge in [0.15, 0.2) is 0 Å². The summed E-state index contributed by atoms with van der Waals surface area (Å²) < 4.78 is 19.1. The number of carbonyl (C=O) groups is 1. The topological polar surface area (TPSA) is 29.5 Å². The lowest BCUT2D eigenvalue weighted by atomic mass is 10.1. The molecule has 1 aliphatic heterocycles. The first-order chi connectivity index (χ1) is 8.22. The van der Waals surface area contributed by atoms with Gasteiger partial charge >= 0.3 is 0 Å². The fourth-order valence-electron chi connectivity index (χ4n) is 2.02. The molecule has 0 radical (unpaired) electrons. The zero-order valence-corrected chi connectivity index (χ0v) is 9.86. The highest BCUT2D eigenvalue weighted by Crippen LogP contribution is 2.24. The van der Waals surface area contributed by atoms with E-state index in [0.717, 1.165) is 0 Å². The first kappa shape index (κ1) is 12.0. The van der Waals surface area contributed by atoms with Crippen molar-refractivity contribution in [2.24, 2.45) is 0 Å². The first-order valence-corrected chi connectivity index (χ1v) is 5.86. The van der Waals surface area contributed by atoms with Crippen LogP contribution in [0.5, 0.6) is 0 Å². The number of hydrogen-bond acceptors (Lipinski definition) is 2. The second-order valence-electron chi connectivity index (χ2n) is 4.07. The van der Waals surface area contributed by atoms with Crippen molar-refractivity contribution in [3.63, 3.8) is 0 Å².